The fourth-order valence-electron chi connectivity index (χ4n) is 2.70. The van der Waals surface area contributed by atoms with E-state index in [0.717, 1.165) is 19.3 Å². The monoisotopic (exact) mass is 459 g/mol. The molecule has 1 heterocycles. The third-order valence-electron chi connectivity index (χ3n) is 4.13. The molecule has 1 aromatic heterocycles. The molecule has 0 aliphatic carbocycles. The van der Waals surface area contributed by atoms with E-state index in [1.165, 1.54) is 19.2 Å². The van der Waals surface area contributed by atoms with E-state index in [1.54, 1.807) is 6.07 Å². The molecule has 0 saturated carbocycles. The number of anilines is 1. The third-order valence-corrected chi connectivity index (χ3v) is 4.68. The van der Waals surface area contributed by atoms with Crippen molar-refractivity contribution in [3.63, 3.8) is 0 Å². The van der Waals surface area contributed by atoms with Gasteiger partial charge in [0.15, 0.2) is 0 Å². The summed E-state index contributed by atoms with van der Waals surface area (Å²) in [5.74, 6) is 0.532. The normalized spacial score (nSPS) is 12.2. The quantitative estimate of drug-likeness (QED) is 0.526. The van der Waals surface area contributed by atoms with Crippen LogP contribution in [0.15, 0.2) is 22.8 Å². The summed E-state index contributed by atoms with van der Waals surface area (Å²) >= 11 is 3.40. The van der Waals surface area contributed by atoms with E-state index in [4.69, 9.17) is 15.2 Å². The maximum Gasteiger partial charge on any atom is 0.387 e. The van der Waals surface area contributed by atoms with Crippen LogP contribution in [0, 0.1) is 0 Å². The molecule has 0 aliphatic rings. The fourth-order valence-corrected chi connectivity index (χ4v) is 3.22. The second-order valence-corrected chi connectivity index (χ2v) is 6.82. The number of nitrogens with zero attached hydrogens (tertiary/aromatic N) is 2. The maximum atomic E-state index is 12.4. The van der Waals surface area contributed by atoms with Crippen LogP contribution < -0.4 is 15.2 Å². The molecule has 2 N–H and O–H groups in total. The van der Waals surface area contributed by atoms with Gasteiger partial charge in [0, 0.05) is 11.6 Å². The molecular weight excluding hydrogens is 436 g/mol. The van der Waals surface area contributed by atoms with E-state index in [0.29, 0.717) is 27.3 Å². The first-order valence-electron chi connectivity index (χ1n) is 8.96. The van der Waals surface area contributed by atoms with Crippen LogP contribution in [0.4, 0.5) is 14.6 Å². The molecule has 2 rings (SSSR count). The Morgan fingerprint density at radius 2 is 1.96 bits per heavy atom. The molecule has 1 unspecified atom stereocenters. The Kier molecular flexibility index (Phi) is 8.37. The zero-order valence-corrected chi connectivity index (χ0v) is 17.6. The number of hydrogen-bond donors (Lipinski definition) is 1. The van der Waals surface area contributed by atoms with Gasteiger partial charge >= 0.3 is 6.61 Å². The van der Waals surface area contributed by atoms with Crippen molar-refractivity contribution < 1.29 is 23.0 Å². The highest BCUT2D eigenvalue weighted by Crippen LogP contribution is 2.36. The first kappa shape index (κ1) is 22.3. The van der Waals surface area contributed by atoms with Gasteiger partial charge in [0.1, 0.15) is 33.3 Å². The van der Waals surface area contributed by atoms with Gasteiger partial charge in [-0.2, -0.15) is 8.78 Å². The van der Waals surface area contributed by atoms with E-state index >= 15 is 0 Å². The predicted octanol–water partition coefficient (Wildman–Crippen LogP) is 5.19. The van der Waals surface area contributed by atoms with Gasteiger partial charge in [-0.15, -0.1) is 0 Å². The Hall–Kier alpha value is -2.00. The summed E-state index contributed by atoms with van der Waals surface area (Å²) in [7, 11) is 1.43. The predicted molar refractivity (Wildman–Crippen MR) is 107 cm³/mol. The van der Waals surface area contributed by atoms with Crippen molar-refractivity contribution in [3.8, 4) is 22.8 Å². The lowest BCUT2D eigenvalue weighted by atomic mass is 10.1. The van der Waals surface area contributed by atoms with Crippen molar-refractivity contribution in [2.24, 2.45) is 0 Å². The Morgan fingerprint density at radius 3 is 2.57 bits per heavy atom. The molecular formula is C19H24BrF2N3O3. The number of alkyl halides is 2. The van der Waals surface area contributed by atoms with Gasteiger partial charge in [-0.25, -0.2) is 9.97 Å². The van der Waals surface area contributed by atoms with E-state index in [-0.39, 0.29) is 24.3 Å². The molecule has 0 fully saturated rings. The summed E-state index contributed by atoms with van der Waals surface area (Å²) in [4.78, 5) is 8.87. The van der Waals surface area contributed by atoms with Crippen LogP contribution in [0.3, 0.4) is 0 Å². The third kappa shape index (κ3) is 5.75. The Morgan fingerprint density at radius 1 is 1.21 bits per heavy atom. The molecule has 0 aliphatic heterocycles. The largest absolute Gasteiger partial charge is 0.496 e. The summed E-state index contributed by atoms with van der Waals surface area (Å²) in [6.07, 6.45) is 3.05. The SMILES string of the molecule is CCCC(CC)OCc1nc(Br)c(-c2ccc(OC(F)F)cc2OC)nc1N. The molecule has 2 aromatic rings. The minimum absolute atomic E-state index is 0.0146. The van der Waals surface area contributed by atoms with E-state index < -0.39 is 6.61 Å². The molecule has 0 spiro atoms. The minimum Gasteiger partial charge on any atom is -0.496 e. The molecule has 9 heteroatoms. The maximum absolute atomic E-state index is 12.4. The lowest BCUT2D eigenvalue weighted by Gasteiger charge is -2.16. The smallest absolute Gasteiger partial charge is 0.387 e. The zero-order chi connectivity index (χ0) is 20.7. The van der Waals surface area contributed by atoms with Crippen molar-refractivity contribution in [2.45, 2.75) is 52.4 Å². The van der Waals surface area contributed by atoms with Crippen molar-refractivity contribution in [1.82, 2.24) is 9.97 Å². The second-order valence-electron chi connectivity index (χ2n) is 6.07. The van der Waals surface area contributed by atoms with Gasteiger partial charge in [-0.1, -0.05) is 20.3 Å². The molecule has 28 heavy (non-hydrogen) atoms. The summed E-state index contributed by atoms with van der Waals surface area (Å²) in [5, 5.41) is 0. The summed E-state index contributed by atoms with van der Waals surface area (Å²) in [6, 6.07) is 4.33. The van der Waals surface area contributed by atoms with Gasteiger partial charge in [-0.05, 0) is 40.9 Å². The van der Waals surface area contributed by atoms with Crippen molar-refractivity contribution in [2.75, 3.05) is 12.8 Å². The second kappa shape index (κ2) is 10.5. The van der Waals surface area contributed by atoms with Crippen LogP contribution in [0.2, 0.25) is 0 Å². The number of rotatable bonds is 10. The van der Waals surface area contributed by atoms with Gasteiger partial charge < -0.3 is 19.9 Å². The molecule has 154 valence electrons. The van der Waals surface area contributed by atoms with Crippen LogP contribution in [0.5, 0.6) is 11.5 Å². The van der Waals surface area contributed by atoms with Crippen molar-refractivity contribution in [3.05, 3.63) is 28.5 Å². The van der Waals surface area contributed by atoms with Crippen molar-refractivity contribution in [1.29, 1.82) is 0 Å². The van der Waals surface area contributed by atoms with Gasteiger partial charge in [0.25, 0.3) is 0 Å². The summed E-state index contributed by atoms with van der Waals surface area (Å²) < 4.78 is 40.9. The standard InChI is InChI=1S/C19H24BrF2N3O3/c1-4-6-11(5-2)27-10-14-18(23)25-16(17(20)24-14)13-8-7-12(28-19(21)22)9-15(13)26-3/h7-9,11,19H,4-6,10H2,1-3H3,(H2,23,25). The summed E-state index contributed by atoms with van der Waals surface area (Å²) in [6.45, 7) is 1.52. The van der Waals surface area contributed by atoms with Gasteiger partial charge in [0.2, 0.25) is 0 Å². The highest BCUT2D eigenvalue weighted by atomic mass is 79.9. The van der Waals surface area contributed by atoms with Crippen LogP contribution in [0.1, 0.15) is 38.8 Å². The number of benzene rings is 1. The highest BCUT2D eigenvalue weighted by molar-refractivity contribution is 9.10. The number of halogens is 3. The zero-order valence-electron chi connectivity index (χ0n) is 16.0. The first-order valence-corrected chi connectivity index (χ1v) is 9.75. The topological polar surface area (TPSA) is 79.5 Å². The lowest BCUT2D eigenvalue weighted by Crippen LogP contribution is -2.13. The van der Waals surface area contributed by atoms with Crippen LogP contribution >= 0.6 is 15.9 Å². The summed E-state index contributed by atoms with van der Waals surface area (Å²) in [5.41, 5.74) is 7.58. The Balaban J connectivity index is 2.29. The minimum atomic E-state index is -2.92. The molecule has 6 nitrogen and oxygen atoms in total. The number of methoxy groups -OCH3 is 1. The number of hydrogen-bond acceptors (Lipinski definition) is 6. The van der Waals surface area contributed by atoms with E-state index in [9.17, 15) is 8.78 Å². The average Bonchev–Trinajstić information content (AvgIpc) is 2.66. The molecule has 0 bridgehead atoms. The molecule has 0 amide bonds. The molecule has 1 aromatic carbocycles. The molecule has 0 radical (unpaired) electrons. The Labute approximate surface area is 171 Å². The van der Waals surface area contributed by atoms with Crippen LogP contribution in [0.25, 0.3) is 11.3 Å². The van der Waals surface area contributed by atoms with E-state index in [1.807, 2.05) is 0 Å². The number of aromatic nitrogens is 2. The number of ether oxygens (including phenoxy) is 3. The Bertz CT molecular complexity index is 793. The first-order chi connectivity index (χ1) is 13.4. The lowest BCUT2D eigenvalue weighted by molar-refractivity contribution is -0.0499. The fraction of sp³-hybridized carbons (Fsp3) is 0.474. The van der Waals surface area contributed by atoms with E-state index in [2.05, 4.69) is 44.5 Å². The number of nitrogen functional groups attached to an aromatic ring is 1. The van der Waals surface area contributed by atoms with Crippen molar-refractivity contribution >= 4 is 21.7 Å². The van der Waals surface area contributed by atoms with Crippen LogP contribution in [-0.4, -0.2) is 29.8 Å². The van der Waals surface area contributed by atoms with Crippen LogP contribution in [-0.2, 0) is 11.3 Å². The average molecular weight is 460 g/mol. The molecule has 1 atom stereocenters. The number of nitrogens with two attached hydrogens (primary N) is 1. The molecule has 0 saturated heterocycles. The van der Waals surface area contributed by atoms with Gasteiger partial charge in [-0.3, -0.25) is 0 Å². The van der Waals surface area contributed by atoms with Gasteiger partial charge in [0.05, 0.1) is 19.8 Å². The highest BCUT2D eigenvalue weighted by Gasteiger charge is 2.18.